The van der Waals surface area contributed by atoms with Crippen molar-refractivity contribution in [1.29, 1.82) is 0 Å². The lowest BCUT2D eigenvalue weighted by Crippen LogP contribution is -2.44. The number of methoxy groups -OCH3 is 2. The molecule has 0 aliphatic rings. The first-order chi connectivity index (χ1) is 17.7. The van der Waals surface area contributed by atoms with Crippen LogP contribution in [0.5, 0.6) is 17.2 Å². The lowest BCUT2D eigenvalue weighted by atomic mass is 9.85. The molecule has 3 rings (SSSR count). The molecule has 0 spiro atoms. The zero-order valence-corrected chi connectivity index (χ0v) is 20.6. The average Bonchev–Trinajstić information content (AvgIpc) is 2.91. The predicted octanol–water partition coefficient (Wildman–Crippen LogP) is 5.50. The van der Waals surface area contributed by atoms with Gasteiger partial charge in [0.05, 0.1) is 14.2 Å². The van der Waals surface area contributed by atoms with Gasteiger partial charge in [-0.3, -0.25) is 0 Å². The summed E-state index contributed by atoms with van der Waals surface area (Å²) in [4.78, 5) is 11.6. The van der Waals surface area contributed by atoms with Crippen molar-refractivity contribution >= 4 is 5.97 Å². The van der Waals surface area contributed by atoms with Gasteiger partial charge in [-0.15, -0.1) is 0 Å². The van der Waals surface area contributed by atoms with Crippen molar-refractivity contribution in [2.75, 3.05) is 20.8 Å². The Bertz CT molecular complexity index is 1060. The number of para-hydroxylation sites is 1. The third-order valence-corrected chi connectivity index (χ3v) is 5.95. The molecule has 6 nitrogen and oxygen atoms in total. The number of rotatable bonds is 12. The van der Waals surface area contributed by atoms with Crippen LogP contribution in [0.25, 0.3) is 0 Å². The fraction of sp³-hybridized carbons (Fsp3) is 0.321. The largest absolute Gasteiger partial charge is 0.497 e. The third-order valence-electron chi connectivity index (χ3n) is 5.95. The van der Waals surface area contributed by atoms with E-state index in [2.05, 4.69) is 0 Å². The minimum absolute atomic E-state index is 0.128. The molecular formula is C28H30F3NO5. The highest BCUT2D eigenvalue weighted by Gasteiger charge is 2.43. The van der Waals surface area contributed by atoms with Crippen LogP contribution in [-0.2, 0) is 9.53 Å². The number of benzene rings is 3. The van der Waals surface area contributed by atoms with Gasteiger partial charge in [-0.25, -0.2) is 4.79 Å². The van der Waals surface area contributed by atoms with Crippen LogP contribution in [0.4, 0.5) is 13.2 Å². The molecule has 3 aromatic carbocycles. The minimum Gasteiger partial charge on any atom is -0.497 e. The van der Waals surface area contributed by atoms with Crippen LogP contribution in [0.3, 0.4) is 0 Å². The summed E-state index contributed by atoms with van der Waals surface area (Å²) in [5.41, 5.74) is 8.25. The molecule has 0 bridgehead atoms. The predicted molar refractivity (Wildman–Crippen MR) is 133 cm³/mol. The highest BCUT2D eigenvalue weighted by Crippen LogP contribution is 2.32. The summed E-state index contributed by atoms with van der Waals surface area (Å²) >= 11 is 0. The summed E-state index contributed by atoms with van der Waals surface area (Å²) in [7, 11) is 3.16. The van der Waals surface area contributed by atoms with Gasteiger partial charge in [0.2, 0.25) is 0 Å². The number of halogens is 3. The van der Waals surface area contributed by atoms with Gasteiger partial charge >= 0.3 is 12.1 Å². The molecule has 0 saturated heterocycles. The molecule has 0 aliphatic carbocycles. The van der Waals surface area contributed by atoms with Gasteiger partial charge in [0.25, 0.3) is 0 Å². The summed E-state index contributed by atoms with van der Waals surface area (Å²) in [6, 6.07) is 22.7. The lowest BCUT2D eigenvalue weighted by molar-refractivity contribution is -0.207. The van der Waals surface area contributed by atoms with Crippen LogP contribution in [0.1, 0.15) is 29.9 Å². The van der Waals surface area contributed by atoms with E-state index in [0.717, 1.165) is 11.1 Å². The summed E-state index contributed by atoms with van der Waals surface area (Å²) in [6.45, 7) is -0.317. The lowest BCUT2D eigenvalue weighted by Gasteiger charge is -2.27. The Kier molecular flexibility index (Phi) is 9.79. The molecule has 0 heterocycles. The molecule has 0 aliphatic heterocycles. The van der Waals surface area contributed by atoms with E-state index < -0.39 is 24.3 Å². The number of carbonyl (C=O) groups excluding carboxylic acids is 1. The maximum atomic E-state index is 12.9. The van der Waals surface area contributed by atoms with Gasteiger partial charge in [-0.1, -0.05) is 42.5 Å². The average molecular weight is 518 g/mol. The number of ether oxygens (including phenoxy) is 4. The molecule has 3 aromatic rings. The van der Waals surface area contributed by atoms with E-state index in [-0.39, 0.29) is 18.9 Å². The molecule has 0 aromatic heterocycles. The molecular weight excluding hydrogens is 487 g/mol. The monoisotopic (exact) mass is 517 g/mol. The smallest absolute Gasteiger partial charge is 0.490 e. The van der Waals surface area contributed by atoms with Crippen LogP contribution in [0.15, 0.2) is 78.9 Å². The summed E-state index contributed by atoms with van der Waals surface area (Å²) < 4.78 is 59.7. The molecule has 9 heteroatoms. The minimum atomic E-state index is -5.14. The van der Waals surface area contributed by atoms with E-state index >= 15 is 0 Å². The molecule has 0 radical (unpaired) electrons. The Balaban J connectivity index is 1.78. The SMILES string of the molecule is COc1ccc(C(CCC(N)[C@H](COc2ccccc2)OC(=O)C(F)(F)F)c2ccc(OC)cc2)cc1. The zero-order valence-electron chi connectivity index (χ0n) is 20.6. The van der Waals surface area contributed by atoms with Crippen LogP contribution in [0, 0.1) is 0 Å². The van der Waals surface area contributed by atoms with Crippen LogP contribution < -0.4 is 19.9 Å². The molecule has 0 saturated carbocycles. The second-order valence-electron chi connectivity index (χ2n) is 8.41. The highest BCUT2D eigenvalue weighted by molar-refractivity contribution is 5.75. The van der Waals surface area contributed by atoms with Gasteiger partial charge in [-0.2, -0.15) is 13.2 Å². The van der Waals surface area contributed by atoms with Crippen molar-refractivity contribution in [3.8, 4) is 17.2 Å². The van der Waals surface area contributed by atoms with E-state index in [9.17, 15) is 18.0 Å². The van der Waals surface area contributed by atoms with Crippen molar-refractivity contribution in [2.45, 2.75) is 37.1 Å². The number of nitrogens with two attached hydrogens (primary N) is 1. The number of alkyl halides is 3. The second kappa shape index (κ2) is 13.0. The maximum absolute atomic E-state index is 12.9. The Hall–Kier alpha value is -3.72. The quantitative estimate of drug-likeness (QED) is 0.320. The second-order valence-corrected chi connectivity index (χ2v) is 8.41. The first-order valence-corrected chi connectivity index (χ1v) is 11.7. The Morgan fingerprint density at radius 2 is 1.30 bits per heavy atom. The van der Waals surface area contributed by atoms with E-state index in [0.29, 0.717) is 23.7 Å². The third kappa shape index (κ3) is 8.15. The first kappa shape index (κ1) is 27.9. The van der Waals surface area contributed by atoms with E-state index in [1.165, 1.54) is 0 Å². The van der Waals surface area contributed by atoms with Crippen LogP contribution in [-0.4, -0.2) is 45.1 Å². The molecule has 198 valence electrons. The number of esters is 1. The van der Waals surface area contributed by atoms with E-state index in [1.807, 2.05) is 48.5 Å². The number of carbonyl (C=O) groups is 1. The van der Waals surface area contributed by atoms with Gasteiger partial charge in [-0.05, 0) is 60.4 Å². The molecule has 1 unspecified atom stereocenters. The summed E-state index contributed by atoms with van der Waals surface area (Å²) in [5.74, 6) is -0.599. The molecule has 0 fully saturated rings. The number of hydrogen-bond acceptors (Lipinski definition) is 6. The van der Waals surface area contributed by atoms with Gasteiger partial charge in [0.1, 0.15) is 23.9 Å². The van der Waals surface area contributed by atoms with Gasteiger partial charge in [0, 0.05) is 12.0 Å². The first-order valence-electron chi connectivity index (χ1n) is 11.7. The molecule has 0 amide bonds. The highest BCUT2D eigenvalue weighted by atomic mass is 19.4. The van der Waals surface area contributed by atoms with E-state index in [4.69, 9.17) is 24.7 Å². The van der Waals surface area contributed by atoms with Crippen molar-refractivity contribution in [1.82, 2.24) is 0 Å². The Morgan fingerprint density at radius 1 is 0.784 bits per heavy atom. The molecule has 2 atom stereocenters. The topological polar surface area (TPSA) is 80.0 Å². The fourth-order valence-corrected chi connectivity index (χ4v) is 3.89. The van der Waals surface area contributed by atoms with Crippen molar-refractivity contribution in [3.05, 3.63) is 90.0 Å². The summed E-state index contributed by atoms with van der Waals surface area (Å²) in [5, 5.41) is 0. The van der Waals surface area contributed by atoms with Crippen molar-refractivity contribution in [3.63, 3.8) is 0 Å². The Morgan fingerprint density at radius 3 is 1.76 bits per heavy atom. The fourth-order valence-electron chi connectivity index (χ4n) is 3.89. The van der Waals surface area contributed by atoms with E-state index in [1.54, 1.807) is 44.6 Å². The van der Waals surface area contributed by atoms with Crippen LogP contribution in [0.2, 0.25) is 0 Å². The van der Waals surface area contributed by atoms with Gasteiger partial charge < -0.3 is 24.7 Å². The zero-order chi connectivity index (χ0) is 26.8. The normalized spacial score (nSPS) is 13.1. The standard InChI is InChI=1S/C28H30F3NO5/c1-34-21-12-8-19(9-13-21)24(20-10-14-22(35-2)15-11-20)16-17-25(32)26(37-27(33)28(29,30)31)18-36-23-6-4-3-5-7-23/h3-15,24-26H,16-18,32H2,1-2H3/t25?,26-/m0/s1. The summed E-state index contributed by atoms with van der Waals surface area (Å²) in [6.07, 6.45) is -5.71. The van der Waals surface area contributed by atoms with Gasteiger partial charge in [0.15, 0.2) is 6.10 Å². The van der Waals surface area contributed by atoms with Crippen molar-refractivity contribution in [2.24, 2.45) is 5.73 Å². The Labute approximate surface area is 214 Å². The molecule has 37 heavy (non-hydrogen) atoms. The van der Waals surface area contributed by atoms with Crippen LogP contribution >= 0.6 is 0 Å². The maximum Gasteiger partial charge on any atom is 0.490 e. The number of hydrogen-bond donors (Lipinski definition) is 1. The molecule has 2 N–H and O–H groups in total. The van der Waals surface area contributed by atoms with Crippen molar-refractivity contribution < 1.29 is 36.9 Å².